The molecule has 0 aliphatic heterocycles. The van der Waals surface area contributed by atoms with Gasteiger partial charge >= 0.3 is 0 Å². The molecule has 2 aromatic rings. The molecule has 1 atom stereocenters. The molecule has 0 saturated carbocycles. The van der Waals surface area contributed by atoms with E-state index in [1.54, 1.807) is 17.4 Å². The predicted molar refractivity (Wildman–Crippen MR) is 68.7 cm³/mol. The van der Waals surface area contributed by atoms with Gasteiger partial charge in [-0.05, 0) is 60.0 Å². The molecule has 1 nitrogen and oxygen atoms in total. The second-order valence-electron chi connectivity index (χ2n) is 4.72. The van der Waals surface area contributed by atoms with E-state index in [1.807, 2.05) is 6.07 Å². The Hall–Kier alpha value is -1.19. The molecule has 3 heteroatoms. The molecule has 0 radical (unpaired) electrons. The van der Waals surface area contributed by atoms with Crippen LogP contribution in [-0.2, 0) is 12.0 Å². The Kier molecular flexibility index (Phi) is 2.35. The number of fused-ring (bicyclic) bond motifs is 1. The third-order valence-corrected chi connectivity index (χ3v) is 4.44. The van der Waals surface area contributed by atoms with Crippen molar-refractivity contribution >= 4 is 11.3 Å². The van der Waals surface area contributed by atoms with Crippen molar-refractivity contribution in [2.45, 2.75) is 25.3 Å². The van der Waals surface area contributed by atoms with Crippen molar-refractivity contribution in [1.82, 2.24) is 0 Å². The van der Waals surface area contributed by atoms with E-state index in [0.717, 1.165) is 29.5 Å². The van der Waals surface area contributed by atoms with E-state index in [2.05, 4.69) is 18.4 Å². The highest BCUT2D eigenvalue weighted by atomic mass is 32.1. The molecule has 0 saturated heterocycles. The third kappa shape index (κ3) is 1.61. The lowest BCUT2D eigenvalue weighted by molar-refractivity contribution is 0.536. The summed E-state index contributed by atoms with van der Waals surface area (Å²) >= 11 is 1.71. The molecule has 0 amide bonds. The minimum Gasteiger partial charge on any atom is -0.318 e. The normalized spacial score (nSPS) is 22.8. The van der Waals surface area contributed by atoms with Gasteiger partial charge in [-0.3, -0.25) is 0 Å². The summed E-state index contributed by atoms with van der Waals surface area (Å²) in [6.07, 6.45) is 1.72. The van der Waals surface area contributed by atoms with Gasteiger partial charge in [0.05, 0.1) is 5.54 Å². The van der Waals surface area contributed by atoms with Gasteiger partial charge in [-0.1, -0.05) is 6.07 Å². The summed E-state index contributed by atoms with van der Waals surface area (Å²) in [5, 5.41) is 2.12. The van der Waals surface area contributed by atoms with Crippen molar-refractivity contribution < 1.29 is 4.39 Å². The molecule has 2 N–H and O–H groups in total. The van der Waals surface area contributed by atoms with Crippen molar-refractivity contribution in [1.29, 1.82) is 0 Å². The summed E-state index contributed by atoms with van der Waals surface area (Å²) in [5.41, 5.74) is 9.41. The van der Waals surface area contributed by atoms with Gasteiger partial charge in [-0.15, -0.1) is 11.3 Å². The SMILES string of the molecule is Cc1cc(C2(N)CCc3cc(F)ccc32)cs1. The van der Waals surface area contributed by atoms with Crippen LogP contribution >= 0.6 is 11.3 Å². The Morgan fingerprint density at radius 1 is 1.35 bits per heavy atom. The number of rotatable bonds is 1. The first kappa shape index (κ1) is 10.9. The van der Waals surface area contributed by atoms with Crippen molar-refractivity contribution in [2.75, 3.05) is 0 Å². The van der Waals surface area contributed by atoms with Crippen LogP contribution in [0.3, 0.4) is 0 Å². The maximum absolute atomic E-state index is 13.2. The third-order valence-electron chi connectivity index (χ3n) is 3.58. The van der Waals surface area contributed by atoms with E-state index in [-0.39, 0.29) is 5.82 Å². The fourth-order valence-corrected chi connectivity index (χ4v) is 3.43. The number of benzene rings is 1. The summed E-state index contributed by atoms with van der Waals surface area (Å²) in [4.78, 5) is 1.26. The second-order valence-corrected chi connectivity index (χ2v) is 5.83. The van der Waals surface area contributed by atoms with Crippen LogP contribution < -0.4 is 5.73 Å². The largest absolute Gasteiger partial charge is 0.318 e. The standard InChI is InChI=1S/C14H14FNS/c1-9-6-11(8-17-9)14(16)5-4-10-7-12(15)2-3-13(10)14/h2-3,6-8H,4-5,16H2,1H3. The zero-order chi connectivity index (χ0) is 12.0. The molecule has 17 heavy (non-hydrogen) atoms. The predicted octanol–water partition coefficient (Wildman–Crippen LogP) is 3.34. The molecule has 0 bridgehead atoms. The minimum atomic E-state index is -0.423. The lowest BCUT2D eigenvalue weighted by Gasteiger charge is -2.24. The molecule has 3 rings (SSSR count). The number of hydrogen-bond donors (Lipinski definition) is 1. The Balaban J connectivity index is 2.13. The molecular weight excluding hydrogens is 233 g/mol. The second kappa shape index (κ2) is 3.65. The van der Waals surface area contributed by atoms with Gasteiger partial charge in [0.25, 0.3) is 0 Å². The molecule has 0 spiro atoms. The zero-order valence-electron chi connectivity index (χ0n) is 9.66. The van der Waals surface area contributed by atoms with E-state index in [1.165, 1.54) is 10.9 Å². The van der Waals surface area contributed by atoms with Crippen molar-refractivity contribution in [2.24, 2.45) is 5.73 Å². The smallest absolute Gasteiger partial charge is 0.123 e. The Labute approximate surface area is 104 Å². The van der Waals surface area contributed by atoms with Crippen LogP contribution in [-0.4, -0.2) is 0 Å². The fourth-order valence-electron chi connectivity index (χ4n) is 2.65. The quantitative estimate of drug-likeness (QED) is 0.821. The highest BCUT2D eigenvalue weighted by Crippen LogP contribution is 2.41. The Morgan fingerprint density at radius 2 is 2.18 bits per heavy atom. The summed E-state index contributed by atoms with van der Waals surface area (Å²) in [5.74, 6) is -0.172. The van der Waals surface area contributed by atoms with E-state index >= 15 is 0 Å². The first-order chi connectivity index (χ1) is 8.09. The molecule has 1 aromatic carbocycles. The number of nitrogens with two attached hydrogens (primary N) is 1. The Bertz CT molecular complexity index is 575. The van der Waals surface area contributed by atoms with Gasteiger partial charge in [-0.2, -0.15) is 0 Å². The van der Waals surface area contributed by atoms with Crippen LogP contribution in [0.4, 0.5) is 4.39 Å². The first-order valence-electron chi connectivity index (χ1n) is 5.73. The van der Waals surface area contributed by atoms with Crippen molar-refractivity contribution in [3.05, 3.63) is 57.0 Å². The van der Waals surface area contributed by atoms with Gasteiger partial charge in [0.1, 0.15) is 5.82 Å². The van der Waals surface area contributed by atoms with Crippen LogP contribution in [0.25, 0.3) is 0 Å². The molecular formula is C14H14FNS. The number of halogens is 1. The van der Waals surface area contributed by atoms with Crippen LogP contribution in [0, 0.1) is 12.7 Å². The summed E-state index contributed by atoms with van der Waals surface area (Å²) in [6.45, 7) is 2.08. The lowest BCUT2D eigenvalue weighted by atomic mass is 9.87. The van der Waals surface area contributed by atoms with Crippen LogP contribution in [0.15, 0.2) is 29.6 Å². The number of hydrogen-bond acceptors (Lipinski definition) is 2. The molecule has 1 heterocycles. The minimum absolute atomic E-state index is 0.172. The summed E-state index contributed by atoms with van der Waals surface area (Å²) in [6, 6.07) is 7.10. The monoisotopic (exact) mass is 247 g/mol. The van der Waals surface area contributed by atoms with Gasteiger partial charge < -0.3 is 5.73 Å². The van der Waals surface area contributed by atoms with E-state index in [9.17, 15) is 4.39 Å². The van der Waals surface area contributed by atoms with E-state index in [4.69, 9.17) is 5.73 Å². The van der Waals surface area contributed by atoms with Gasteiger partial charge in [-0.25, -0.2) is 4.39 Å². The first-order valence-corrected chi connectivity index (χ1v) is 6.61. The van der Waals surface area contributed by atoms with E-state index in [0.29, 0.717) is 0 Å². The molecule has 1 aliphatic carbocycles. The average molecular weight is 247 g/mol. The maximum Gasteiger partial charge on any atom is 0.123 e. The summed E-state index contributed by atoms with van der Waals surface area (Å²) < 4.78 is 13.2. The van der Waals surface area contributed by atoms with Gasteiger partial charge in [0, 0.05) is 4.88 Å². The zero-order valence-corrected chi connectivity index (χ0v) is 10.5. The number of aryl methyl sites for hydroxylation is 2. The molecule has 88 valence electrons. The van der Waals surface area contributed by atoms with Crippen molar-refractivity contribution in [3.8, 4) is 0 Å². The molecule has 0 fully saturated rings. The molecule has 1 aliphatic rings. The van der Waals surface area contributed by atoms with Crippen molar-refractivity contribution in [3.63, 3.8) is 0 Å². The highest BCUT2D eigenvalue weighted by molar-refractivity contribution is 7.10. The highest BCUT2D eigenvalue weighted by Gasteiger charge is 2.37. The van der Waals surface area contributed by atoms with Crippen LogP contribution in [0.5, 0.6) is 0 Å². The molecule has 1 unspecified atom stereocenters. The Morgan fingerprint density at radius 3 is 2.88 bits per heavy atom. The van der Waals surface area contributed by atoms with Crippen LogP contribution in [0.2, 0.25) is 0 Å². The topological polar surface area (TPSA) is 26.0 Å². The molecule has 1 aromatic heterocycles. The summed E-state index contributed by atoms with van der Waals surface area (Å²) in [7, 11) is 0. The number of thiophene rings is 1. The maximum atomic E-state index is 13.2. The van der Waals surface area contributed by atoms with Gasteiger partial charge in [0.15, 0.2) is 0 Å². The van der Waals surface area contributed by atoms with Gasteiger partial charge in [0.2, 0.25) is 0 Å². The van der Waals surface area contributed by atoms with E-state index < -0.39 is 5.54 Å². The average Bonchev–Trinajstić information content (AvgIpc) is 2.85. The van der Waals surface area contributed by atoms with Crippen LogP contribution in [0.1, 0.15) is 28.0 Å². The lowest BCUT2D eigenvalue weighted by Crippen LogP contribution is -2.34. The fraction of sp³-hybridized carbons (Fsp3) is 0.286.